The van der Waals surface area contributed by atoms with E-state index in [2.05, 4.69) is 4.18 Å². The van der Waals surface area contributed by atoms with Crippen molar-refractivity contribution in [2.75, 3.05) is 6.26 Å². The Labute approximate surface area is 104 Å². The number of carbonyl (C=O) groups excluding carboxylic acids is 1. The summed E-state index contributed by atoms with van der Waals surface area (Å²) in [6, 6.07) is 8.61. The molecule has 0 aromatic heterocycles. The van der Waals surface area contributed by atoms with Gasteiger partial charge in [0, 0.05) is 5.56 Å². The molecule has 0 spiro atoms. The van der Waals surface area contributed by atoms with Gasteiger partial charge in [-0.1, -0.05) is 30.3 Å². The summed E-state index contributed by atoms with van der Waals surface area (Å²) in [4.78, 5) is 11.9. The van der Waals surface area contributed by atoms with E-state index in [-0.39, 0.29) is 5.88 Å². The number of ether oxygens (including phenoxy) is 1. The zero-order valence-electron chi connectivity index (χ0n) is 9.49. The van der Waals surface area contributed by atoms with Crippen LogP contribution in [0.25, 0.3) is 0 Å². The van der Waals surface area contributed by atoms with Gasteiger partial charge in [0.1, 0.15) is 0 Å². The summed E-state index contributed by atoms with van der Waals surface area (Å²) in [5, 5.41) is 0. The van der Waals surface area contributed by atoms with Crippen LogP contribution in [-0.2, 0) is 23.8 Å². The van der Waals surface area contributed by atoms with Gasteiger partial charge in [0.05, 0.1) is 6.26 Å². The van der Waals surface area contributed by atoms with E-state index in [1.807, 2.05) is 0 Å². The molecule has 96 valence electrons. The number of carbonyl (C=O) groups is 1. The minimum absolute atomic E-state index is 0.320. The largest absolute Gasteiger partial charge is 0.460 e. The molecule has 0 radical (unpaired) electrons. The van der Waals surface area contributed by atoms with Gasteiger partial charge in [0.25, 0.3) is 0 Å². The van der Waals surface area contributed by atoms with Gasteiger partial charge in [-0.25, -0.2) is 0 Å². The number of rotatable bonds is 3. The van der Waals surface area contributed by atoms with Crippen LogP contribution in [0, 0.1) is 0 Å². The van der Waals surface area contributed by atoms with Crippen LogP contribution in [0.5, 0.6) is 0 Å². The van der Waals surface area contributed by atoms with Crippen molar-refractivity contribution < 1.29 is 22.1 Å². The summed E-state index contributed by atoms with van der Waals surface area (Å²) in [6.45, 7) is 0. The second-order valence-corrected chi connectivity index (χ2v) is 5.33. The molecule has 1 aliphatic rings. The van der Waals surface area contributed by atoms with E-state index >= 15 is 0 Å². The first-order chi connectivity index (χ1) is 8.38. The molecule has 18 heavy (non-hydrogen) atoms. The third kappa shape index (κ3) is 2.45. The predicted molar refractivity (Wildman–Crippen MR) is 62.4 cm³/mol. The fraction of sp³-hybridized carbons (Fsp3) is 0.182. The van der Waals surface area contributed by atoms with Gasteiger partial charge in [0.2, 0.25) is 17.4 Å². The molecule has 1 aromatic rings. The molecule has 0 aliphatic carbocycles. The Bertz CT molecular complexity index is 606. The van der Waals surface area contributed by atoms with E-state index < -0.39 is 27.8 Å². The van der Waals surface area contributed by atoms with Gasteiger partial charge in [-0.15, -0.1) is 0 Å². The summed E-state index contributed by atoms with van der Waals surface area (Å²) < 4.78 is 31.7. The number of ketones is 1. The first-order valence-electron chi connectivity index (χ1n) is 5.03. The normalized spacial score (nSPS) is 19.8. The minimum atomic E-state index is -3.82. The topological polar surface area (TPSA) is 95.7 Å². The first-order valence-corrected chi connectivity index (χ1v) is 6.85. The van der Waals surface area contributed by atoms with Crippen LogP contribution in [0.1, 0.15) is 11.7 Å². The van der Waals surface area contributed by atoms with Crippen LogP contribution in [0.15, 0.2) is 42.0 Å². The maximum Gasteiger partial charge on any atom is 0.306 e. The van der Waals surface area contributed by atoms with Crippen molar-refractivity contribution in [3.05, 3.63) is 47.5 Å². The zero-order chi connectivity index (χ0) is 13.3. The fourth-order valence-corrected chi connectivity index (χ4v) is 2.02. The third-order valence-corrected chi connectivity index (χ3v) is 2.74. The summed E-state index contributed by atoms with van der Waals surface area (Å²) in [5.41, 5.74) is 6.03. The van der Waals surface area contributed by atoms with Crippen LogP contribution in [0.3, 0.4) is 0 Å². The highest BCUT2D eigenvalue weighted by Gasteiger charge is 2.38. The van der Waals surface area contributed by atoms with Crippen LogP contribution in [0.4, 0.5) is 0 Å². The van der Waals surface area contributed by atoms with E-state index in [4.69, 9.17) is 10.5 Å². The molecule has 2 N–H and O–H groups in total. The molecule has 0 bridgehead atoms. The number of Topliss-reactive ketones (excluding diaryl/α,β-unsaturated/α-hetero) is 1. The Morgan fingerprint density at radius 1 is 1.28 bits per heavy atom. The molecule has 0 fully saturated rings. The highest BCUT2D eigenvalue weighted by atomic mass is 32.2. The smallest absolute Gasteiger partial charge is 0.306 e. The fourth-order valence-electron chi connectivity index (χ4n) is 1.56. The third-order valence-electron chi connectivity index (χ3n) is 2.27. The number of benzene rings is 1. The molecule has 6 nitrogen and oxygen atoms in total. The van der Waals surface area contributed by atoms with Gasteiger partial charge < -0.3 is 14.7 Å². The van der Waals surface area contributed by atoms with E-state index in [1.54, 1.807) is 30.3 Å². The van der Waals surface area contributed by atoms with Gasteiger partial charge >= 0.3 is 10.1 Å². The van der Waals surface area contributed by atoms with Gasteiger partial charge in [-0.05, 0) is 0 Å². The molecule has 0 amide bonds. The second kappa shape index (κ2) is 4.34. The molecule has 1 atom stereocenters. The number of hydrogen-bond donors (Lipinski definition) is 1. The molecule has 2 rings (SSSR count). The van der Waals surface area contributed by atoms with E-state index in [1.165, 1.54) is 0 Å². The Morgan fingerprint density at radius 3 is 2.44 bits per heavy atom. The Kier molecular flexibility index (Phi) is 3.00. The van der Waals surface area contributed by atoms with E-state index in [9.17, 15) is 13.2 Å². The van der Waals surface area contributed by atoms with Gasteiger partial charge in [0.15, 0.2) is 6.10 Å². The van der Waals surface area contributed by atoms with Crippen LogP contribution in [-0.4, -0.2) is 20.5 Å². The summed E-state index contributed by atoms with van der Waals surface area (Å²) >= 11 is 0. The quantitative estimate of drug-likeness (QED) is 0.799. The lowest BCUT2D eigenvalue weighted by Crippen LogP contribution is -2.14. The lowest BCUT2D eigenvalue weighted by atomic mass is 10.1. The molecule has 0 saturated heterocycles. The second-order valence-electron chi connectivity index (χ2n) is 3.75. The standard InChI is InChI=1S/C11H11NO5S/c1-18(14,15)17-10-8(13)9(16-11(10)12)7-5-3-2-4-6-7/h2-6,9H,12H2,1H3. The molecule has 0 saturated carbocycles. The average Bonchev–Trinajstić information content (AvgIpc) is 2.56. The minimum Gasteiger partial charge on any atom is -0.460 e. The molecule has 1 unspecified atom stereocenters. The Hall–Kier alpha value is -2.02. The lowest BCUT2D eigenvalue weighted by molar-refractivity contribution is -0.123. The summed E-state index contributed by atoms with van der Waals surface area (Å²) in [5.74, 6) is -1.39. The number of nitrogens with two attached hydrogens (primary N) is 1. The van der Waals surface area contributed by atoms with Gasteiger partial charge in [-0.3, -0.25) is 4.79 Å². The Morgan fingerprint density at radius 2 is 1.89 bits per heavy atom. The number of hydrogen-bond acceptors (Lipinski definition) is 6. The predicted octanol–water partition coefficient (Wildman–Crippen LogP) is 0.431. The highest BCUT2D eigenvalue weighted by Crippen LogP contribution is 2.31. The first kappa shape index (κ1) is 12.4. The van der Waals surface area contributed by atoms with Crippen LogP contribution in [0.2, 0.25) is 0 Å². The van der Waals surface area contributed by atoms with Gasteiger partial charge in [-0.2, -0.15) is 8.42 Å². The van der Waals surface area contributed by atoms with Crippen molar-refractivity contribution in [1.82, 2.24) is 0 Å². The maximum atomic E-state index is 11.9. The van der Waals surface area contributed by atoms with Crippen molar-refractivity contribution in [3.63, 3.8) is 0 Å². The van der Waals surface area contributed by atoms with Crippen molar-refractivity contribution in [1.29, 1.82) is 0 Å². The highest BCUT2D eigenvalue weighted by molar-refractivity contribution is 7.86. The Balaban J connectivity index is 2.27. The molecule has 1 aromatic carbocycles. The SMILES string of the molecule is CS(=O)(=O)OC1=C(N)OC(c2ccccc2)C1=O. The van der Waals surface area contributed by atoms with Crippen molar-refractivity contribution in [2.45, 2.75) is 6.10 Å². The van der Waals surface area contributed by atoms with Crippen molar-refractivity contribution in [2.24, 2.45) is 5.73 Å². The summed E-state index contributed by atoms with van der Waals surface area (Å²) in [7, 11) is -3.82. The van der Waals surface area contributed by atoms with Crippen LogP contribution < -0.4 is 5.73 Å². The molecular weight excluding hydrogens is 258 g/mol. The molecule has 1 heterocycles. The average molecular weight is 269 g/mol. The molecule has 7 heteroatoms. The van der Waals surface area contributed by atoms with Crippen molar-refractivity contribution in [3.8, 4) is 0 Å². The maximum absolute atomic E-state index is 11.9. The summed E-state index contributed by atoms with van der Waals surface area (Å²) in [6.07, 6.45) is -0.126. The van der Waals surface area contributed by atoms with E-state index in [0.717, 1.165) is 6.26 Å². The molecular formula is C11H11NO5S. The monoisotopic (exact) mass is 269 g/mol. The molecule has 1 aliphatic heterocycles. The zero-order valence-corrected chi connectivity index (χ0v) is 10.3. The van der Waals surface area contributed by atoms with E-state index in [0.29, 0.717) is 5.56 Å². The lowest BCUT2D eigenvalue weighted by Gasteiger charge is -2.09. The van der Waals surface area contributed by atoms with Crippen LogP contribution >= 0.6 is 0 Å². The van der Waals surface area contributed by atoms with Crippen molar-refractivity contribution >= 4 is 15.9 Å².